The van der Waals surface area contributed by atoms with Crippen LogP contribution in [0.2, 0.25) is 0 Å². The molecule has 1 aromatic rings. The maximum atomic E-state index is 10.7. The van der Waals surface area contributed by atoms with Crippen molar-refractivity contribution in [1.82, 2.24) is 9.78 Å². The molecule has 0 aromatic carbocycles. The van der Waals surface area contributed by atoms with Gasteiger partial charge in [0, 0.05) is 23.7 Å². The van der Waals surface area contributed by atoms with Crippen molar-refractivity contribution in [3.8, 4) is 0 Å². The minimum atomic E-state index is -0.772. The first-order valence-electron chi connectivity index (χ1n) is 5.48. The van der Waals surface area contributed by atoms with E-state index in [1.165, 1.54) is 19.3 Å². The molecule has 0 amide bonds. The van der Waals surface area contributed by atoms with E-state index in [4.69, 9.17) is 5.11 Å². The van der Waals surface area contributed by atoms with Crippen molar-refractivity contribution in [3.05, 3.63) is 17.5 Å². The highest BCUT2D eigenvalue weighted by Gasteiger charge is 2.26. The fourth-order valence-electron chi connectivity index (χ4n) is 2.14. The molecule has 0 bridgehead atoms. The molecule has 1 saturated carbocycles. The summed E-state index contributed by atoms with van der Waals surface area (Å²) in [6, 6.07) is 0. The number of rotatable bonds is 4. The van der Waals surface area contributed by atoms with Gasteiger partial charge in [-0.15, -0.1) is 0 Å². The Balaban J connectivity index is 2.28. The third kappa shape index (κ3) is 1.89. The summed E-state index contributed by atoms with van der Waals surface area (Å²) >= 11 is 0. The highest BCUT2D eigenvalue weighted by atomic mass is 16.4. The lowest BCUT2D eigenvalue weighted by molar-refractivity contribution is -0.136. The number of aliphatic carboxylic acids is 1. The van der Waals surface area contributed by atoms with Gasteiger partial charge in [0.25, 0.3) is 0 Å². The second kappa shape index (κ2) is 4.04. The third-order valence-corrected chi connectivity index (χ3v) is 3.09. The molecule has 82 valence electrons. The largest absolute Gasteiger partial charge is 0.481 e. The molecule has 0 atom stereocenters. The van der Waals surface area contributed by atoms with Crippen LogP contribution in [0.5, 0.6) is 0 Å². The highest BCUT2D eigenvalue weighted by Crippen LogP contribution is 2.38. The van der Waals surface area contributed by atoms with Gasteiger partial charge in [-0.25, -0.2) is 0 Å². The maximum absolute atomic E-state index is 10.7. The van der Waals surface area contributed by atoms with Gasteiger partial charge in [0.1, 0.15) is 0 Å². The Labute approximate surface area is 88.9 Å². The van der Waals surface area contributed by atoms with Gasteiger partial charge in [-0.2, -0.15) is 5.10 Å². The van der Waals surface area contributed by atoms with E-state index in [9.17, 15) is 4.79 Å². The average molecular weight is 208 g/mol. The molecule has 4 heteroatoms. The summed E-state index contributed by atoms with van der Waals surface area (Å²) in [7, 11) is 0. The molecule has 0 radical (unpaired) electrons. The fourth-order valence-corrected chi connectivity index (χ4v) is 2.14. The van der Waals surface area contributed by atoms with Crippen LogP contribution in [-0.4, -0.2) is 20.9 Å². The van der Waals surface area contributed by atoms with Gasteiger partial charge in [0.2, 0.25) is 0 Å². The Morgan fingerprint density at radius 2 is 2.40 bits per heavy atom. The van der Waals surface area contributed by atoms with E-state index in [1.54, 1.807) is 6.20 Å². The molecule has 1 aliphatic rings. The lowest BCUT2D eigenvalue weighted by Gasteiger charge is -2.27. The van der Waals surface area contributed by atoms with Crippen LogP contribution in [0.4, 0.5) is 0 Å². The summed E-state index contributed by atoms with van der Waals surface area (Å²) in [6.45, 7) is 2.87. The van der Waals surface area contributed by atoms with Crippen LogP contribution in [0.3, 0.4) is 0 Å². The Morgan fingerprint density at radius 3 is 2.87 bits per heavy atom. The molecular weight excluding hydrogens is 192 g/mol. The van der Waals surface area contributed by atoms with Crippen LogP contribution < -0.4 is 0 Å². The smallest absolute Gasteiger partial charge is 0.307 e. The number of aromatic nitrogens is 2. The van der Waals surface area contributed by atoms with Crippen LogP contribution in [-0.2, 0) is 17.8 Å². The molecule has 1 N–H and O–H groups in total. The van der Waals surface area contributed by atoms with Crippen molar-refractivity contribution in [2.45, 2.75) is 45.1 Å². The first kappa shape index (κ1) is 10.2. The molecular formula is C11H16N2O2. The molecule has 4 nitrogen and oxygen atoms in total. The van der Waals surface area contributed by atoms with Crippen molar-refractivity contribution >= 4 is 5.97 Å². The molecule has 0 aliphatic heterocycles. The van der Waals surface area contributed by atoms with E-state index in [2.05, 4.69) is 5.10 Å². The Hall–Kier alpha value is -1.32. The Kier molecular flexibility index (Phi) is 2.75. The number of carboxylic acid groups (broad SMARTS) is 1. The minimum absolute atomic E-state index is 0.103. The number of hydrogen-bond donors (Lipinski definition) is 1. The maximum Gasteiger partial charge on any atom is 0.307 e. The quantitative estimate of drug-likeness (QED) is 0.820. The zero-order valence-electron chi connectivity index (χ0n) is 8.94. The standard InChI is InChI=1S/C11H16N2O2/c1-2-13-11(8-4-3-5-8)9(7-12-13)6-10(14)15/h7-8H,2-6H2,1H3,(H,14,15). The minimum Gasteiger partial charge on any atom is -0.481 e. The summed E-state index contributed by atoms with van der Waals surface area (Å²) in [6.07, 6.45) is 5.43. The van der Waals surface area contributed by atoms with Crippen LogP contribution in [0.1, 0.15) is 43.4 Å². The Morgan fingerprint density at radius 1 is 1.67 bits per heavy atom. The van der Waals surface area contributed by atoms with Gasteiger partial charge in [-0.3, -0.25) is 9.48 Å². The van der Waals surface area contributed by atoms with E-state index in [1.807, 2.05) is 11.6 Å². The molecule has 2 rings (SSSR count). The molecule has 1 aliphatic carbocycles. The molecule has 15 heavy (non-hydrogen) atoms. The van der Waals surface area contributed by atoms with Crippen molar-refractivity contribution in [1.29, 1.82) is 0 Å². The summed E-state index contributed by atoms with van der Waals surface area (Å²) in [5.41, 5.74) is 2.06. The predicted molar refractivity (Wildman–Crippen MR) is 55.8 cm³/mol. The van der Waals surface area contributed by atoms with E-state index < -0.39 is 5.97 Å². The number of carboxylic acids is 1. The molecule has 1 fully saturated rings. The lowest BCUT2D eigenvalue weighted by atomic mass is 9.81. The lowest BCUT2D eigenvalue weighted by Crippen LogP contribution is -2.17. The van der Waals surface area contributed by atoms with Crippen LogP contribution in [0.25, 0.3) is 0 Å². The van der Waals surface area contributed by atoms with Gasteiger partial charge in [0.05, 0.1) is 12.6 Å². The SMILES string of the molecule is CCn1ncc(CC(=O)O)c1C1CCC1. The van der Waals surface area contributed by atoms with Gasteiger partial charge >= 0.3 is 5.97 Å². The van der Waals surface area contributed by atoms with Crippen LogP contribution in [0.15, 0.2) is 6.20 Å². The number of hydrogen-bond acceptors (Lipinski definition) is 2. The van der Waals surface area contributed by atoms with Crippen LogP contribution in [0, 0.1) is 0 Å². The highest BCUT2D eigenvalue weighted by molar-refractivity contribution is 5.70. The van der Waals surface area contributed by atoms with Crippen LogP contribution >= 0.6 is 0 Å². The zero-order chi connectivity index (χ0) is 10.8. The average Bonchev–Trinajstić information content (AvgIpc) is 2.45. The molecule has 1 aromatic heterocycles. The van der Waals surface area contributed by atoms with E-state index in [-0.39, 0.29) is 6.42 Å². The second-order valence-corrected chi connectivity index (χ2v) is 4.07. The van der Waals surface area contributed by atoms with Crippen molar-refractivity contribution in [3.63, 3.8) is 0 Å². The predicted octanol–water partition coefficient (Wildman–Crippen LogP) is 1.80. The topological polar surface area (TPSA) is 55.1 Å². The summed E-state index contributed by atoms with van der Waals surface area (Å²) < 4.78 is 1.95. The van der Waals surface area contributed by atoms with E-state index >= 15 is 0 Å². The van der Waals surface area contributed by atoms with Gasteiger partial charge < -0.3 is 5.11 Å². The van der Waals surface area contributed by atoms with Gasteiger partial charge in [-0.05, 0) is 19.8 Å². The normalized spacial score (nSPS) is 16.3. The van der Waals surface area contributed by atoms with E-state index in [0.717, 1.165) is 17.8 Å². The number of nitrogens with zero attached hydrogens (tertiary/aromatic N) is 2. The first-order valence-corrected chi connectivity index (χ1v) is 5.48. The Bertz CT molecular complexity index is 367. The molecule has 0 unspecified atom stereocenters. The number of aryl methyl sites for hydroxylation is 1. The summed E-state index contributed by atoms with van der Waals surface area (Å²) in [5, 5.41) is 13.1. The van der Waals surface area contributed by atoms with Crippen molar-refractivity contribution in [2.75, 3.05) is 0 Å². The number of carbonyl (C=O) groups is 1. The summed E-state index contributed by atoms with van der Waals surface area (Å²) in [5.74, 6) is -0.229. The molecule has 0 spiro atoms. The second-order valence-electron chi connectivity index (χ2n) is 4.07. The summed E-state index contributed by atoms with van der Waals surface area (Å²) in [4.78, 5) is 10.7. The van der Waals surface area contributed by atoms with Crippen molar-refractivity contribution < 1.29 is 9.90 Å². The van der Waals surface area contributed by atoms with E-state index in [0.29, 0.717) is 5.92 Å². The molecule has 0 saturated heterocycles. The van der Waals surface area contributed by atoms with Gasteiger partial charge in [0.15, 0.2) is 0 Å². The zero-order valence-corrected chi connectivity index (χ0v) is 8.94. The third-order valence-electron chi connectivity index (χ3n) is 3.09. The monoisotopic (exact) mass is 208 g/mol. The van der Waals surface area contributed by atoms with Crippen molar-refractivity contribution in [2.24, 2.45) is 0 Å². The van der Waals surface area contributed by atoms with Gasteiger partial charge in [-0.1, -0.05) is 6.42 Å². The first-order chi connectivity index (χ1) is 7.22. The fraction of sp³-hybridized carbons (Fsp3) is 0.636. The molecule has 1 heterocycles.